The fourth-order valence-corrected chi connectivity index (χ4v) is 5.57. The van der Waals surface area contributed by atoms with Gasteiger partial charge in [0.05, 0.1) is 17.5 Å². The molecule has 2 saturated carbocycles. The summed E-state index contributed by atoms with van der Waals surface area (Å²) in [5.41, 5.74) is 0.862. The smallest absolute Gasteiger partial charge is 0.170 e. The van der Waals surface area contributed by atoms with Crippen molar-refractivity contribution >= 4 is 49.2 Å². The van der Waals surface area contributed by atoms with Crippen molar-refractivity contribution in [3.8, 4) is 11.5 Å². The van der Waals surface area contributed by atoms with Crippen LogP contribution in [0, 0.1) is 11.8 Å². The maximum Gasteiger partial charge on any atom is 0.170 e. The summed E-state index contributed by atoms with van der Waals surface area (Å²) < 4.78 is 7.86. The maximum atomic E-state index is 12.2. The van der Waals surface area contributed by atoms with E-state index < -0.39 is 0 Å². The molecule has 5 nitrogen and oxygen atoms in total. The first-order valence-corrected chi connectivity index (χ1v) is 13.6. The third-order valence-electron chi connectivity index (χ3n) is 6.81. The Kier molecular flexibility index (Phi) is 9.33. The van der Waals surface area contributed by atoms with E-state index in [9.17, 15) is 14.4 Å². The van der Waals surface area contributed by atoms with Crippen LogP contribution in [0.1, 0.15) is 86.4 Å². The van der Waals surface area contributed by atoms with Crippen LogP contribution in [-0.2, 0) is 4.79 Å². The van der Waals surface area contributed by atoms with Crippen LogP contribution in [-0.4, -0.2) is 28.1 Å². The molecule has 2 fully saturated rings. The lowest BCUT2D eigenvalue weighted by Crippen LogP contribution is -2.39. The van der Waals surface area contributed by atoms with E-state index >= 15 is 0 Å². The highest BCUT2D eigenvalue weighted by Gasteiger charge is 2.45. The van der Waals surface area contributed by atoms with Gasteiger partial charge in [0.25, 0.3) is 0 Å². The van der Waals surface area contributed by atoms with E-state index in [1.165, 1.54) is 19.4 Å². The molecule has 7 heteroatoms. The van der Waals surface area contributed by atoms with Crippen molar-refractivity contribution in [2.75, 3.05) is 0 Å². The third kappa shape index (κ3) is 7.26. The molecule has 3 atom stereocenters. The number of aromatic hydroxyl groups is 1. The monoisotopic (exact) mass is 606 g/mol. The molecule has 35 heavy (non-hydrogen) atoms. The van der Waals surface area contributed by atoms with Crippen molar-refractivity contribution < 1.29 is 24.2 Å². The fraction of sp³-hybridized carbons (Fsp3) is 0.464. The molecule has 2 aliphatic carbocycles. The van der Waals surface area contributed by atoms with Crippen molar-refractivity contribution in [2.24, 2.45) is 11.8 Å². The molecule has 2 aromatic rings. The molecule has 2 aromatic carbocycles. The van der Waals surface area contributed by atoms with Gasteiger partial charge >= 0.3 is 0 Å². The Morgan fingerprint density at radius 2 is 1.74 bits per heavy atom. The molecular formula is C28H32Br2O5. The van der Waals surface area contributed by atoms with Crippen LogP contribution in [0.25, 0.3) is 0 Å². The summed E-state index contributed by atoms with van der Waals surface area (Å²) in [4.78, 5) is 33.6. The van der Waals surface area contributed by atoms with Gasteiger partial charge in [0.2, 0.25) is 0 Å². The van der Waals surface area contributed by atoms with E-state index in [1.807, 2.05) is 25.1 Å². The Hall–Kier alpha value is -1.99. The number of carbonyl (C=O) groups is 3. The standard InChI is InChI=1S/C14H15BrO2.C8H7BrO2.C6H10O/c1-9-4-5-14(7-9)8-12(16)11-6-10(15)2-3-13(11)17-14;1-5(10)7-4-6(9)2-3-8(7)11;1-5-3-2-4-6(5)7/h2-3,6,9H,4-5,7-8H2,1H3;2-4,11H,1H3;5H,2-4H2,1H3. The Morgan fingerprint density at radius 1 is 1.06 bits per heavy atom. The molecule has 1 N–H and O–H groups in total. The van der Waals surface area contributed by atoms with Gasteiger partial charge in [-0.1, -0.05) is 45.7 Å². The van der Waals surface area contributed by atoms with Gasteiger partial charge in [-0.3, -0.25) is 14.4 Å². The second-order valence-electron chi connectivity index (χ2n) is 9.85. The van der Waals surface area contributed by atoms with Gasteiger partial charge in [-0.25, -0.2) is 0 Å². The molecule has 0 bridgehead atoms. The van der Waals surface area contributed by atoms with Gasteiger partial charge in [0.1, 0.15) is 22.9 Å². The molecule has 0 amide bonds. The summed E-state index contributed by atoms with van der Waals surface area (Å²) in [7, 11) is 0. The number of ketones is 3. The van der Waals surface area contributed by atoms with Crippen LogP contribution in [0.15, 0.2) is 45.3 Å². The summed E-state index contributed by atoms with van der Waals surface area (Å²) in [5.74, 6) is 2.38. The largest absolute Gasteiger partial charge is 0.507 e. The van der Waals surface area contributed by atoms with E-state index in [-0.39, 0.29) is 22.9 Å². The van der Waals surface area contributed by atoms with Gasteiger partial charge < -0.3 is 9.84 Å². The zero-order valence-corrected chi connectivity index (χ0v) is 23.6. The second-order valence-corrected chi connectivity index (χ2v) is 11.7. The Bertz CT molecular complexity index is 1110. The number of ether oxygens (including phenoxy) is 1. The molecule has 1 aliphatic heterocycles. The van der Waals surface area contributed by atoms with Crippen molar-refractivity contribution in [2.45, 2.75) is 71.3 Å². The SMILES string of the molecule is CC(=O)c1cc(Br)ccc1O.CC1CCC2(CC(=O)c3cc(Br)ccc3O2)C1.CC1CCCC1=O. The van der Waals surface area contributed by atoms with E-state index in [4.69, 9.17) is 9.84 Å². The summed E-state index contributed by atoms with van der Waals surface area (Å²) in [5, 5.41) is 9.16. The topological polar surface area (TPSA) is 80.7 Å². The third-order valence-corrected chi connectivity index (χ3v) is 7.80. The lowest BCUT2D eigenvalue weighted by atomic mass is 9.88. The van der Waals surface area contributed by atoms with Gasteiger partial charge in [-0.15, -0.1) is 0 Å². The number of benzene rings is 2. The lowest BCUT2D eigenvalue weighted by molar-refractivity contribution is -0.120. The highest BCUT2D eigenvalue weighted by Crippen LogP contribution is 2.45. The van der Waals surface area contributed by atoms with Crippen LogP contribution in [0.3, 0.4) is 0 Å². The number of hydrogen-bond donors (Lipinski definition) is 1. The van der Waals surface area contributed by atoms with Crippen molar-refractivity contribution in [1.29, 1.82) is 0 Å². The predicted octanol–water partition coefficient (Wildman–Crippen LogP) is 7.71. The molecule has 3 aliphatic rings. The van der Waals surface area contributed by atoms with Gasteiger partial charge in [-0.05, 0) is 81.3 Å². The number of carbonyl (C=O) groups excluding carboxylic acids is 3. The number of fused-ring (bicyclic) bond motifs is 1. The Labute approximate surface area is 223 Å². The van der Waals surface area contributed by atoms with Crippen LogP contribution in [0.2, 0.25) is 0 Å². The quantitative estimate of drug-likeness (QED) is 0.336. The van der Waals surface area contributed by atoms with E-state index in [0.29, 0.717) is 29.6 Å². The maximum absolute atomic E-state index is 12.2. The van der Waals surface area contributed by atoms with Crippen molar-refractivity contribution in [1.82, 2.24) is 0 Å². The molecule has 1 heterocycles. The zero-order valence-electron chi connectivity index (χ0n) is 20.4. The number of Topliss-reactive ketones (excluding diaryl/α,β-unsaturated/α-hetero) is 3. The Morgan fingerprint density at radius 3 is 2.26 bits per heavy atom. The number of halogens is 2. The van der Waals surface area contributed by atoms with Crippen LogP contribution >= 0.6 is 31.9 Å². The highest BCUT2D eigenvalue weighted by atomic mass is 79.9. The lowest BCUT2D eigenvalue weighted by Gasteiger charge is -2.35. The first-order valence-electron chi connectivity index (χ1n) is 12.0. The van der Waals surface area contributed by atoms with Gasteiger partial charge in [0, 0.05) is 21.3 Å². The number of rotatable bonds is 1. The van der Waals surface area contributed by atoms with E-state index in [1.54, 1.807) is 12.1 Å². The average Bonchev–Trinajstić information content (AvgIpc) is 3.35. The fourth-order valence-electron chi connectivity index (χ4n) is 4.85. The van der Waals surface area contributed by atoms with Crippen molar-refractivity contribution in [3.63, 3.8) is 0 Å². The highest BCUT2D eigenvalue weighted by molar-refractivity contribution is 9.10. The van der Waals surface area contributed by atoms with Crippen molar-refractivity contribution in [3.05, 3.63) is 56.5 Å². The Balaban J connectivity index is 0.000000163. The second kappa shape index (κ2) is 11.8. The number of phenols is 1. The van der Waals surface area contributed by atoms with Crippen LogP contribution in [0.5, 0.6) is 11.5 Å². The summed E-state index contributed by atoms with van der Waals surface area (Å²) >= 11 is 6.60. The normalized spacial score (nSPS) is 24.6. The molecule has 0 radical (unpaired) electrons. The molecular weight excluding hydrogens is 576 g/mol. The summed E-state index contributed by atoms with van der Waals surface area (Å²) in [6.07, 6.45) is 6.81. The zero-order chi connectivity index (χ0) is 25.8. The van der Waals surface area contributed by atoms with E-state index in [2.05, 4.69) is 38.8 Å². The number of hydrogen-bond acceptors (Lipinski definition) is 5. The minimum atomic E-state index is -0.211. The first kappa shape index (κ1) is 27.6. The number of phenolic OH excluding ortho intramolecular Hbond substituents is 1. The molecule has 0 saturated heterocycles. The minimum Gasteiger partial charge on any atom is -0.507 e. The average molecular weight is 608 g/mol. The summed E-state index contributed by atoms with van der Waals surface area (Å²) in [6, 6.07) is 10.5. The first-order chi connectivity index (χ1) is 16.5. The molecule has 5 rings (SSSR count). The molecule has 188 valence electrons. The van der Waals surface area contributed by atoms with Crippen LogP contribution in [0.4, 0.5) is 0 Å². The molecule has 3 unspecified atom stereocenters. The van der Waals surface area contributed by atoms with E-state index in [0.717, 1.165) is 52.4 Å². The molecule has 0 aromatic heterocycles. The van der Waals surface area contributed by atoms with Gasteiger partial charge in [0.15, 0.2) is 11.6 Å². The minimum absolute atomic E-state index is 0.0284. The molecule has 1 spiro atoms. The van der Waals surface area contributed by atoms with Gasteiger partial charge in [-0.2, -0.15) is 0 Å². The summed E-state index contributed by atoms with van der Waals surface area (Å²) in [6.45, 7) is 5.66. The predicted molar refractivity (Wildman–Crippen MR) is 143 cm³/mol. The van der Waals surface area contributed by atoms with Crippen LogP contribution < -0.4 is 4.74 Å².